The van der Waals surface area contributed by atoms with Crippen LogP contribution in [0.3, 0.4) is 0 Å². The van der Waals surface area contributed by atoms with Gasteiger partial charge < -0.3 is 10.1 Å². The number of halogens is 1. The number of hydrogen-bond donors (Lipinski definition) is 1. The van der Waals surface area contributed by atoms with Crippen LogP contribution in [0.4, 0.5) is 0 Å². The molecular weight excluding hydrogens is 292 g/mol. The molecule has 20 heavy (non-hydrogen) atoms. The van der Waals surface area contributed by atoms with E-state index >= 15 is 0 Å². The summed E-state index contributed by atoms with van der Waals surface area (Å²) in [5.74, 6) is 1.37. The van der Waals surface area contributed by atoms with E-state index in [1.807, 2.05) is 36.6 Å². The largest absolute Gasteiger partial charge is 0.438 e. The predicted octanol–water partition coefficient (Wildman–Crippen LogP) is 4.36. The summed E-state index contributed by atoms with van der Waals surface area (Å²) in [6.07, 6.45) is 3.65. The van der Waals surface area contributed by atoms with E-state index < -0.39 is 0 Å². The van der Waals surface area contributed by atoms with Crippen molar-refractivity contribution < 1.29 is 4.74 Å². The SMILES string of the molecule is CCNCc1cc(Oc2ccccc2SC)ncc1Cl. The molecule has 1 aromatic heterocycles. The van der Waals surface area contributed by atoms with Crippen molar-refractivity contribution in [2.45, 2.75) is 18.4 Å². The van der Waals surface area contributed by atoms with Gasteiger partial charge in [0.25, 0.3) is 0 Å². The van der Waals surface area contributed by atoms with Gasteiger partial charge in [-0.15, -0.1) is 11.8 Å². The second-order valence-corrected chi connectivity index (χ2v) is 5.40. The van der Waals surface area contributed by atoms with Crippen LogP contribution in [0.5, 0.6) is 11.6 Å². The number of ether oxygens (including phenoxy) is 1. The quantitative estimate of drug-likeness (QED) is 0.804. The Hall–Kier alpha value is -1.23. The minimum Gasteiger partial charge on any atom is -0.438 e. The van der Waals surface area contributed by atoms with Crippen LogP contribution in [0.25, 0.3) is 0 Å². The van der Waals surface area contributed by atoms with Gasteiger partial charge in [-0.2, -0.15) is 0 Å². The Balaban J connectivity index is 2.20. The van der Waals surface area contributed by atoms with Crippen molar-refractivity contribution in [3.8, 4) is 11.6 Å². The molecule has 0 aliphatic heterocycles. The van der Waals surface area contributed by atoms with Crippen molar-refractivity contribution in [1.82, 2.24) is 10.3 Å². The lowest BCUT2D eigenvalue weighted by atomic mass is 10.2. The summed E-state index contributed by atoms with van der Waals surface area (Å²) < 4.78 is 5.86. The van der Waals surface area contributed by atoms with Crippen molar-refractivity contribution in [3.05, 3.63) is 47.1 Å². The Morgan fingerprint density at radius 1 is 1.35 bits per heavy atom. The minimum atomic E-state index is 0.559. The van der Waals surface area contributed by atoms with E-state index in [1.165, 1.54) is 0 Å². The van der Waals surface area contributed by atoms with Crippen molar-refractivity contribution in [3.63, 3.8) is 0 Å². The first kappa shape index (κ1) is 15.2. The van der Waals surface area contributed by atoms with Crippen LogP contribution < -0.4 is 10.1 Å². The van der Waals surface area contributed by atoms with E-state index in [-0.39, 0.29) is 0 Å². The lowest BCUT2D eigenvalue weighted by Crippen LogP contribution is -2.12. The summed E-state index contributed by atoms with van der Waals surface area (Å²) in [4.78, 5) is 5.31. The van der Waals surface area contributed by atoms with E-state index in [4.69, 9.17) is 16.3 Å². The van der Waals surface area contributed by atoms with Gasteiger partial charge in [0.1, 0.15) is 5.75 Å². The molecule has 0 saturated carbocycles. The molecule has 0 amide bonds. The van der Waals surface area contributed by atoms with Crippen molar-refractivity contribution >= 4 is 23.4 Å². The molecule has 1 aromatic carbocycles. The van der Waals surface area contributed by atoms with E-state index in [0.717, 1.165) is 22.8 Å². The van der Waals surface area contributed by atoms with Crippen molar-refractivity contribution in [2.24, 2.45) is 0 Å². The smallest absolute Gasteiger partial charge is 0.219 e. The van der Waals surface area contributed by atoms with Crippen LogP contribution >= 0.6 is 23.4 Å². The summed E-state index contributed by atoms with van der Waals surface area (Å²) in [6.45, 7) is 3.66. The first-order valence-electron chi connectivity index (χ1n) is 6.40. The summed E-state index contributed by atoms with van der Waals surface area (Å²) in [6, 6.07) is 9.78. The molecule has 5 heteroatoms. The molecule has 0 saturated heterocycles. The molecule has 3 nitrogen and oxygen atoms in total. The van der Waals surface area contributed by atoms with Crippen LogP contribution in [-0.4, -0.2) is 17.8 Å². The Labute approximate surface area is 128 Å². The van der Waals surface area contributed by atoms with E-state index in [0.29, 0.717) is 17.4 Å². The fourth-order valence-corrected chi connectivity index (χ4v) is 2.42. The monoisotopic (exact) mass is 308 g/mol. The van der Waals surface area contributed by atoms with E-state index in [2.05, 4.69) is 17.2 Å². The highest BCUT2D eigenvalue weighted by molar-refractivity contribution is 7.98. The molecular formula is C15H17ClN2OS. The van der Waals surface area contributed by atoms with Crippen LogP contribution in [0.1, 0.15) is 12.5 Å². The average Bonchev–Trinajstić information content (AvgIpc) is 2.48. The van der Waals surface area contributed by atoms with Gasteiger partial charge in [0.15, 0.2) is 0 Å². The Morgan fingerprint density at radius 3 is 2.90 bits per heavy atom. The van der Waals surface area contributed by atoms with E-state index in [1.54, 1.807) is 18.0 Å². The molecule has 106 valence electrons. The fraction of sp³-hybridized carbons (Fsp3) is 0.267. The maximum Gasteiger partial charge on any atom is 0.219 e. The minimum absolute atomic E-state index is 0.559. The summed E-state index contributed by atoms with van der Waals surface area (Å²) in [5, 5.41) is 3.90. The Bertz CT molecular complexity index is 578. The van der Waals surface area contributed by atoms with Crippen LogP contribution in [0, 0.1) is 0 Å². The molecule has 0 spiro atoms. The maximum absolute atomic E-state index is 6.13. The zero-order valence-electron chi connectivity index (χ0n) is 11.5. The van der Waals surface area contributed by atoms with Crippen molar-refractivity contribution in [1.29, 1.82) is 0 Å². The second-order valence-electron chi connectivity index (χ2n) is 4.15. The average molecular weight is 309 g/mol. The highest BCUT2D eigenvalue weighted by Gasteiger charge is 2.07. The molecule has 0 aliphatic rings. The molecule has 1 heterocycles. The zero-order valence-corrected chi connectivity index (χ0v) is 13.1. The fourth-order valence-electron chi connectivity index (χ4n) is 1.73. The maximum atomic E-state index is 6.13. The van der Waals surface area contributed by atoms with Gasteiger partial charge in [0, 0.05) is 23.7 Å². The van der Waals surface area contributed by atoms with Crippen molar-refractivity contribution in [2.75, 3.05) is 12.8 Å². The Kier molecular flexibility index (Phi) is 5.71. The standard InChI is InChI=1S/C15H17ClN2OS/c1-3-17-9-11-8-15(18-10-12(11)16)19-13-6-4-5-7-14(13)20-2/h4-8,10,17H,3,9H2,1-2H3. The normalized spacial score (nSPS) is 10.6. The number of aromatic nitrogens is 1. The number of nitrogens with one attached hydrogen (secondary N) is 1. The molecule has 0 radical (unpaired) electrons. The van der Waals surface area contributed by atoms with Crippen LogP contribution in [0.15, 0.2) is 41.4 Å². The number of hydrogen-bond acceptors (Lipinski definition) is 4. The first-order valence-corrected chi connectivity index (χ1v) is 8.01. The third-order valence-corrected chi connectivity index (χ3v) is 3.88. The van der Waals surface area contributed by atoms with Gasteiger partial charge >= 0.3 is 0 Å². The molecule has 0 aliphatic carbocycles. The second kappa shape index (κ2) is 7.53. The summed E-state index contributed by atoms with van der Waals surface area (Å²) >= 11 is 7.78. The summed E-state index contributed by atoms with van der Waals surface area (Å²) in [7, 11) is 0. The molecule has 2 rings (SSSR count). The number of rotatable bonds is 6. The summed E-state index contributed by atoms with van der Waals surface area (Å²) in [5.41, 5.74) is 0.986. The van der Waals surface area contributed by atoms with Gasteiger partial charge in [-0.05, 0) is 30.5 Å². The lowest BCUT2D eigenvalue weighted by Gasteiger charge is -2.10. The van der Waals surface area contributed by atoms with Gasteiger partial charge in [0.2, 0.25) is 5.88 Å². The number of nitrogens with zero attached hydrogens (tertiary/aromatic N) is 1. The topological polar surface area (TPSA) is 34.1 Å². The Morgan fingerprint density at radius 2 is 2.15 bits per heavy atom. The predicted molar refractivity (Wildman–Crippen MR) is 84.9 cm³/mol. The number of benzene rings is 1. The molecule has 1 N–H and O–H groups in total. The van der Waals surface area contributed by atoms with Gasteiger partial charge in [-0.1, -0.05) is 30.7 Å². The van der Waals surface area contributed by atoms with Gasteiger partial charge in [0.05, 0.1) is 5.02 Å². The molecule has 2 aromatic rings. The van der Waals surface area contributed by atoms with Gasteiger partial charge in [-0.3, -0.25) is 0 Å². The first-order chi connectivity index (χ1) is 9.74. The molecule has 0 unspecified atom stereocenters. The lowest BCUT2D eigenvalue weighted by molar-refractivity contribution is 0.451. The number of para-hydroxylation sites is 1. The van der Waals surface area contributed by atoms with Crippen LogP contribution in [-0.2, 0) is 6.54 Å². The molecule has 0 atom stereocenters. The highest BCUT2D eigenvalue weighted by Crippen LogP contribution is 2.31. The third-order valence-electron chi connectivity index (χ3n) is 2.76. The molecule has 0 bridgehead atoms. The zero-order chi connectivity index (χ0) is 14.4. The van der Waals surface area contributed by atoms with E-state index in [9.17, 15) is 0 Å². The third kappa shape index (κ3) is 3.88. The van der Waals surface area contributed by atoms with Gasteiger partial charge in [-0.25, -0.2) is 4.98 Å². The molecule has 0 fully saturated rings. The number of pyridine rings is 1. The highest BCUT2D eigenvalue weighted by atomic mass is 35.5. The van der Waals surface area contributed by atoms with Crippen LogP contribution in [0.2, 0.25) is 5.02 Å². The number of thioether (sulfide) groups is 1.